The van der Waals surface area contributed by atoms with Gasteiger partial charge >= 0.3 is 0 Å². The molecule has 0 amide bonds. The van der Waals surface area contributed by atoms with Crippen molar-refractivity contribution < 1.29 is 4.74 Å². The van der Waals surface area contributed by atoms with Gasteiger partial charge in [-0.2, -0.15) is 5.10 Å². The van der Waals surface area contributed by atoms with E-state index >= 15 is 0 Å². The highest BCUT2D eigenvalue weighted by Gasteiger charge is 2.27. The molecule has 1 fully saturated rings. The van der Waals surface area contributed by atoms with Crippen molar-refractivity contribution in [1.82, 2.24) is 15.1 Å². The van der Waals surface area contributed by atoms with Gasteiger partial charge in [0.1, 0.15) is 0 Å². The van der Waals surface area contributed by atoms with Crippen LogP contribution in [0.3, 0.4) is 0 Å². The number of hydrogen-bond acceptors (Lipinski definition) is 3. The number of nitrogens with zero attached hydrogens (tertiary/aromatic N) is 2. The van der Waals surface area contributed by atoms with Gasteiger partial charge in [-0.1, -0.05) is 6.92 Å². The summed E-state index contributed by atoms with van der Waals surface area (Å²) < 4.78 is 7.65. The summed E-state index contributed by atoms with van der Waals surface area (Å²) in [7, 11) is 2.03. The summed E-state index contributed by atoms with van der Waals surface area (Å²) in [4.78, 5) is 0. The zero-order valence-electron chi connectivity index (χ0n) is 11.8. The molecule has 1 N–H and O–H groups in total. The molecule has 4 nitrogen and oxygen atoms in total. The van der Waals surface area contributed by atoms with Gasteiger partial charge in [-0.15, -0.1) is 0 Å². The first-order chi connectivity index (χ1) is 8.72. The Balaban J connectivity index is 2.15. The Labute approximate surface area is 110 Å². The number of nitrogens with one attached hydrogen (secondary N) is 1. The van der Waals surface area contributed by atoms with E-state index in [1.165, 1.54) is 18.5 Å². The Hall–Kier alpha value is -0.870. The summed E-state index contributed by atoms with van der Waals surface area (Å²) in [6.07, 6.45) is 3.57. The van der Waals surface area contributed by atoms with Gasteiger partial charge in [0.2, 0.25) is 0 Å². The van der Waals surface area contributed by atoms with Crippen molar-refractivity contribution in [1.29, 1.82) is 0 Å². The fraction of sp³-hybridized carbons (Fsp3) is 0.786. The van der Waals surface area contributed by atoms with E-state index in [9.17, 15) is 0 Å². The van der Waals surface area contributed by atoms with Crippen LogP contribution in [-0.4, -0.2) is 29.5 Å². The highest BCUT2D eigenvalue weighted by Crippen LogP contribution is 2.29. The Kier molecular flexibility index (Phi) is 4.78. The van der Waals surface area contributed by atoms with E-state index in [0.717, 1.165) is 31.9 Å². The van der Waals surface area contributed by atoms with E-state index in [4.69, 9.17) is 4.74 Å². The zero-order valence-corrected chi connectivity index (χ0v) is 11.8. The molecule has 2 unspecified atom stereocenters. The van der Waals surface area contributed by atoms with Gasteiger partial charge in [0.05, 0.1) is 24.0 Å². The standard InChI is InChI=1S/C14H25N3O/c1-4-7-15-14(12-6-5-8-18-10-12)13-9-11(2)16-17(13)3/h9,12,14-15H,4-8,10H2,1-3H3. The number of rotatable bonds is 5. The van der Waals surface area contributed by atoms with Gasteiger partial charge in [-0.25, -0.2) is 0 Å². The molecule has 1 aliphatic heterocycles. The molecule has 1 aromatic rings. The predicted octanol–water partition coefficient (Wildman–Crippen LogP) is 2.20. The lowest BCUT2D eigenvalue weighted by Gasteiger charge is -2.31. The van der Waals surface area contributed by atoms with Crippen molar-refractivity contribution in [3.05, 3.63) is 17.5 Å². The maximum Gasteiger partial charge on any atom is 0.0597 e. The monoisotopic (exact) mass is 251 g/mol. The van der Waals surface area contributed by atoms with Crippen molar-refractivity contribution >= 4 is 0 Å². The van der Waals surface area contributed by atoms with Crippen LogP contribution in [-0.2, 0) is 11.8 Å². The molecule has 0 aliphatic carbocycles. The summed E-state index contributed by atoms with van der Waals surface area (Å²) in [6.45, 7) is 7.09. The molecule has 2 rings (SSSR count). The third-order valence-electron chi connectivity index (χ3n) is 3.64. The maximum absolute atomic E-state index is 5.64. The quantitative estimate of drug-likeness (QED) is 0.872. The molecule has 1 aliphatic rings. The first-order valence-electron chi connectivity index (χ1n) is 7.04. The van der Waals surface area contributed by atoms with Gasteiger partial charge in [-0.05, 0) is 38.8 Å². The number of ether oxygens (including phenoxy) is 1. The largest absolute Gasteiger partial charge is 0.381 e. The van der Waals surface area contributed by atoms with Gasteiger partial charge in [0.15, 0.2) is 0 Å². The third kappa shape index (κ3) is 3.12. The number of aryl methyl sites for hydroxylation is 2. The molecule has 0 spiro atoms. The van der Waals surface area contributed by atoms with Crippen LogP contribution in [0.15, 0.2) is 6.07 Å². The van der Waals surface area contributed by atoms with E-state index in [1.807, 2.05) is 11.7 Å². The molecule has 4 heteroatoms. The minimum atomic E-state index is 0.372. The highest BCUT2D eigenvalue weighted by atomic mass is 16.5. The van der Waals surface area contributed by atoms with Gasteiger partial charge in [0, 0.05) is 19.6 Å². The molecular formula is C14H25N3O. The van der Waals surface area contributed by atoms with Gasteiger partial charge in [0.25, 0.3) is 0 Å². The van der Waals surface area contributed by atoms with Gasteiger partial charge < -0.3 is 10.1 Å². The summed E-state index contributed by atoms with van der Waals surface area (Å²) in [5.41, 5.74) is 2.38. The summed E-state index contributed by atoms with van der Waals surface area (Å²) in [6, 6.07) is 2.57. The second kappa shape index (κ2) is 6.34. The first-order valence-corrected chi connectivity index (χ1v) is 7.04. The summed E-state index contributed by atoms with van der Waals surface area (Å²) in [5, 5.41) is 8.14. The van der Waals surface area contributed by atoms with Crippen LogP contribution < -0.4 is 5.32 Å². The topological polar surface area (TPSA) is 39.1 Å². The second-order valence-electron chi connectivity index (χ2n) is 5.24. The van der Waals surface area contributed by atoms with Crippen LogP contribution in [0.2, 0.25) is 0 Å². The fourth-order valence-electron chi connectivity index (χ4n) is 2.76. The van der Waals surface area contributed by atoms with Crippen LogP contribution in [0.25, 0.3) is 0 Å². The Morgan fingerprint density at radius 3 is 3.00 bits per heavy atom. The molecule has 2 heterocycles. The fourth-order valence-corrected chi connectivity index (χ4v) is 2.76. The van der Waals surface area contributed by atoms with Gasteiger partial charge in [-0.3, -0.25) is 4.68 Å². The lowest BCUT2D eigenvalue weighted by atomic mass is 9.91. The molecule has 2 atom stereocenters. The van der Waals surface area contributed by atoms with Crippen molar-refractivity contribution in [2.24, 2.45) is 13.0 Å². The molecule has 0 saturated carbocycles. The van der Waals surface area contributed by atoms with E-state index in [1.54, 1.807) is 0 Å². The molecule has 0 aromatic carbocycles. The van der Waals surface area contributed by atoms with Crippen molar-refractivity contribution in [2.75, 3.05) is 19.8 Å². The summed E-state index contributed by atoms with van der Waals surface area (Å²) >= 11 is 0. The SMILES string of the molecule is CCCNC(c1cc(C)nn1C)C1CCCOC1. The van der Waals surface area contributed by atoms with Crippen LogP contribution in [0.5, 0.6) is 0 Å². The number of hydrogen-bond donors (Lipinski definition) is 1. The lowest BCUT2D eigenvalue weighted by molar-refractivity contribution is 0.0378. The van der Waals surface area contributed by atoms with E-state index in [-0.39, 0.29) is 0 Å². The van der Waals surface area contributed by atoms with Crippen LogP contribution in [0.1, 0.15) is 43.6 Å². The van der Waals surface area contributed by atoms with Crippen LogP contribution in [0.4, 0.5) is 0 Å². The Bertz CT molecular complexity index is 369. The average Bonchev–Trinajstić information content (AvgIpc) is 2.70. The third-order valence-corrected chi connectivity index (χ3v) is 3.64. The Morgan fingerprint density at radius 1 is 1.61 bits per heavy atom. The molecule has 0 bridgehead atoms. The summed E-state index contributed by atoms with van der Waals surface area (Å²) in [5.74, 6) is 0.570. The predicted molar refractivity (Wildman–Crippen MR) is 72.5 cm³/mol. The minimum Gasteiger partial charge on any atom is -0.381 e. The average molecular weight is 251 g/mol. The molecule has 1 saturated heterocycles. The van der Waals surface area contributed by atoms with E-state index < -0.39 is 0 Å². The second-order valence-corrected chi connectivity index (χ2v) is 5.24. The van der Waals surface area contributed by atoms with Crippen LogP contribution in [0, 0.1) is 12.8 Å². The van der Waals surface area contributed by atoms with Crippen molar-refractivity contribution in [3.63, 3.8) is 0 Å². The highest BCUT2D eigenvalue weighted by molar-refractivity contribution is 5.14. The Morgan fingerprint density at radius 2 is 2.44 bits per heavy atom. The molecular weight excluding hydrogens is 226 g/mol. The molecule has 1 aromatic heterocycles. The van der Waals surface area contributed by atoms with Crippen molar-refractivity contribution in [2.45, 2.75) is 39.2 Å². The lowest BCUT2D eigenvalue weighted by Crippen LogP contribution is -2.35. The molecule has 18 heavy (non-hydrogen) atoms. The van der Waals surface area contributed by atoms with Crippen molar-refractivity contribution in [3.8, 4) is 0 Å². The molecule has 0 radical (unpaired) electrons. The van der Waals surface area contributed by atoms with E-state index in [2.05, 4.69) is 30.3 Å². The minimum absolute atomic E-state index is 0.372. The number of aromatic nitrogens is 2. The zero-order chi connectivity index (χ0) is 13.0. The van der Waals surface area contributed by atoms with E-state index in [0.29, 0.717) is 12.0 Å². The smallest absolute Gasteiger partial charge is 0.0597 e. The molecule has 102 valence electrons. The first kappa shape index (κ1) is 13.6. The van der Waals surface area contributed by atoms with Crippen LogP contribution >= 0.6 is 0 Å². The normalized spacial score (nSPS) is 22.1. The maximum atomic E-state index is 5.64.